The topological polar surface area (TPSA) is 153 Å². The summed E-state index contributed by atoms with van der Waals surface area (Å²) in [5.74, 6) is 15.8. The van der Waals surface area contributed by atoms with E-state index < -0.39 is 0 Å². The third-order valence-corrected chi connectivity index (χ3v) is 33.2. The van der Waals surface area contributed by atoms with Crippen LogP contribution in [0.5, 0.6) is 34.5 Å². The fourth-order valence-electron chi connectivity index (χ4n) is 23.9. The number of rotatable bonds is 41. The number of ether oxygens (including phenoxy) is 6. The molecule has 0 saturated heterocycles. The Hall–Kier alpha value is -10.3. The van der Waals surface area contributed by atoms with Crippen LogP contribution in [-0.4, -0.2) is 92.4 Å². The van der Waals surface area contributed by atoms with E-state index in [9.17, 15) is 0 Å². The summed E-state index contributed by atoms with van der Waals surface area (Å²) in [6.45, 7) is 40.6. The van der Waals surface area contributed by atoms with E-state index >= 15 is 0 Å². The number of anilines is 1. The highest BCUT2D eigenvalue weighted by atomic mass is 16.5. The van der Waals surface area contributed by atoms with E-state index in [1.807, 2.05) is 42.9 Å². The third-order valence-electron chi connectivity index (χ3n) is 33.2. The second-order valence-corrected chi connectivity index (χ2v) is 46.3. The molecule has 9 aromatic carbocycles. The minimum absolute atomic E-state index is 0.355. The molecule has 14 heteroatoms. The van der Waals surface area contributed by atoms with E-state index in [-0.39, 0.29) is 0 Å². The van der Waals surface area contributed by atoms with Crippen LogP contribution in [0.1, 0.15) is 289 Å². The quantitative estimate of drug-likeness (QED) is 0.0215. The van der Waals surface area contributed by atoms with Gasteiger partial charge in [-0.1, -0.05) is 230 Å². The molecule has 10 unspecified atom stereocenters. The van der Waals surface area contributed by atoms with Gasteiger partial charge in [0.1, 0.15) is 34.5 Å². The van der Waals surface area contributed by atoms with Gasteiger partial charge in [-0.05, 0) is 479 Å². The van der Waals surface area contributed by atoms with Gasteiger partial charge in [0.25, 0.3) is 0 Å². The molecule has 6 N–H and O–H groups in total. The molecule has 2 heterocycles. The van der Waals surface area contributed by atoms with Crippen molar-refractivity contribution in [2.24, 2.45) is 76.9 Å². The van der Waals surface area contributed by atoms with Crippen molar-refractivity contribution >= 4 is 5.69 Å². The van der Waals surface area contributed by atoms with Crippen LogP contribution in [0.3, 0.4) is 0 Å². The van der Waals surface area contributed by atoms with E-state index in [1.165, 1.54) is 249 Å². The zero-order valence-corrected chi connectivity index (χ0v) is 94.2. The highest BCUT2D eigenvalue weighted by Gasteiger charge is 2.34. The molecule has 7 saturated carbocycles. The van der Waals surface area contributed by atoms with Gasteiger partial charge in [-0.15, -0.1) is 0 Å². The molecule has 14 nitrogen and oxygen atoms in total. The van der Waals surface area contributed by atoms with Crippen LogP contribution < -0.4 is 60.3 Å². The van der Waals surface area contributed by atoms with Crippen LogP contribution in [-0.2, 0) is 26.2 Å². The van der Waals surface area contributed by atoms with Crippen molar-refractivity contribution in [2.45, 2.75) is 339 Å². The van der Waals surface area contributed by atoms with Gasteiger partial charge in [0.15, 0.2) is 0 Å². The van der Waals surface area contributed by atoms with Gasteiger partial charge in [0.05, 0.1) is 42.3 Å². The molecular formula is C136H190N8O6. The van der Waals surface area contributed by atoms with Crippen LogP contribution in [0.15, 0.2) is 279 Å². The monoisotopic (exact) mass is 2030 g/mol. The Bertz CT molecular complexity index is 5200. The maximum absolute atomic E-state index is 6.30. The van der Waals surface area contributed by atoms with Crippen LogP contribution in [0.2, 0.25) is 0 Å². The lowest BCUT2D eigenvalue weighted by Crippen LogP contribution is -2.35. The molecule has 0 radical (unpaired) electrons. The van der Waals surface area contributed by atoms with Crippen molar-refractivity contribution in [3.05, 3.63) is 341 Å². The predicted molar refractivity (Wildman–Crippen MR) is 628 cm³/mol. The van der Waals surface area contributed by atoms with Crippen molar-refractivity contribution in [1.82, 2.24) is 36.6 Å². The Morgan fingerprint density at radius 3 is 0.813 bits per heavy atom. The van der Waals surface area contributed by atoms with E-state index in [1.54, 1.807) is 0 Å². The lowest BCUT2D eigenvalue weighted by atomic mass is 9.79. The molecule has 18 rings (SSSR count). The van der Waals surface area contributed by atoms with Crippen molar-refractivity contribution < 1.29 is 28.4 Å². The summed E-state index contributed by atoms with van der Waals surface area (Å²) in [5.41, 5.74) is 15.3. The molecule has 11 aromatic rings. The first-order valence-corrected chi connectivity index (χ1v) is 58.7. The van der Waals surface area contributed by atoms with Gasteiger partial charge in [-0.25, -0.2) is 0 Å². The van der Waals surface area contributed by atoms with Gasteiger partial charge in [-0.3, -0.25) is 9.97 Å². The summed E-state index contributed by atoms with van der Waals surface area (Å²) in [4.78, 5) is 8.43. The van der Waals surface area contributed by atoms with E-state index in [0.717, 1.165) is 159 Å². The fourth-order valence-corrected chi connectivity index (χ4v) is 23.9. The summed E-state index contributed by atoms with van der Waals surface area (Å²) in [5, 5.41) is 21.8. The first kappa shape index (κ1) is 117. The molecular weight excluding hydrogens is 1840 g/mol. The van der Waals surface area contributed by atoms with Crippen molar-refractivity contribution in [3.8, 4) is 34.5 Å². The zero-order valence-electron chi connectivity index (χ0n) is 94.2. The van der Waals surface area contributed by atoms with E-state index in [2.05, 4.69) is 368 Å². The summed E-state index contributed by atoms with van der Waals surface area (Å²) in [6, 6.07) is 90.9. The van der Waals surface area contributed by atoms with Crippen molar-refractivity contribution in [3.63, 3.8) is 0 Å². The average molecular weight is 2030 g/mol. The molecule has 150 heavy (non-hydrogen) atoms. The molecule has 0 spiro atoms. The Labute approximate surface area is 907 Å². The minimum Gasteiger partial charge on any atom is -0.490 e. The fraction of sp³-hybridized carbons (Fsp3) is 0.529. The number of hydrogen-bond acceptors (Lipinski definition) is 14. The molecule has 2 aromatic heterocycles. The number of hydrogen-bond donors (Lipinski definition) is 6. The van der Waals surface area contributed by atoms with E-state index in [0.29, 0.717) is 66.2 Å². The first-order chi connectivity index (χ1) is 73.1. The first-order valence-electron chi connectivity index (χ1n) is 58.7. The average Bonchev–Trinajstić information content (AvgIpc) is 0.873. The highest BCUT2D eigenvalue weighted by Crippen LogP contribution is 2.41. The van der Waals surface area contributed by atoms with E-state index in [4.69, 9.17) is 28.4 Å². The zero-order chi connectivity index (χ0) is 105. The Kier molecular flexibility index (Phi) is 50.8. The molecule has 0 amide bonds. The molecule has 7 aliphatic rings. The van der Waals surface area contributed by atoms with Gasteiger partial charge in [-0.2, -0.15) is 0 Å². The molecule has 0 bridgehead atoms. The number of nitrogens with zero attached hydrogens (tertiary/aromatic N) is 2. The van der Waals surface area contributed by atoms with Crippen LogP contribution in [0, 0.1) is 125 Å². The van der Waals surface area contributed by atoms with Crippen molar-refractivity contribution in [1.29, 1.82) is 0 Å². The third kappa shape index (κ3) is 43.7. The number of aromatic nitrogens is 2. The van der Waals surface area contributed by atoms with Gasteiger partial charge >= 0.3 is 0 Å². The molecule has 810 valence electrons. The van der Waals surface area contributed by atoms with Crippen molar-refractivity contribution in [2.75, 3.05) is 51.1 Å². The summed E-state index contributed by atoms with van der Waals surface area (Å²) in [7, 11) is 0. The number of pyridine rings is 2. The van der Waals surface area contributed by atoms with Gasteiger partial charge in [0.2, 0.25) is 0 Å². The Morgan fingerprint density at radius 2 is 0.520 bits per heavy atom. The normalized spacial score (nSPS) is 22.4. The lowest BCUT2D eigenvalue weighted by molar-refractivity contribution is 0.101. The largest absolute Gasteiger partial charge is 0.490 e. The second-order valence-electron chi connectivity index (χ2n) is 46.3. The Morgan fingerprint density at radius 1 is 0.240 bits per heavy atom. The molecule has 7 fully saturated rings. The summed E-state index contributed by atoms with van der Waals surface area (Å²) >= 11 is 0. The number of nitrogens with one attached hydrogen (secondary N) is 6. The summed E-state index contributed by atoms with van der Waals surface area (Å²) < 4.78 is 37.6. The van der Waals surface area contributed by atoms with Crippen LogP contribution in [0.25, 0.3) is 0 Å². The van der Waals surface area contributed by atoms with Crippen LogP contribution in [0.4, 0.5) is 5.69 Å². The maximum Gasteiger partial charge on any atom is 0.119 e. The van der Waals surface area contributed by atoms with Gasteiger partial charge in [0, 0.05) is 57.0 Å². The Balaban J connectivity index is 0.000000150. The number of aryl methyl sites for hydroxylation is 7. The molecule has 7 aliphatic carbocycles. The standard InChI is InChI=1S/C24H33NO.C23H37NO.2C23H31NO.C22H30N2O.C21H28N2O/c1-18-10-12-21(13-11-18)17-25-16-20(3)22-7-5-9-24(15-22)26-23-8-4-6-19(2)14-23;3*1-18-8-6-12-22(14-18)25-23-13-7-11-21(15-23)19(2)16-24-17-20-9-4-3-5-10-20;1-17-7-5-10-21(13-17)25-22-11-6-8-19(14-22)18(2)15-23-16-20-9-3-4-12-24-20;1-16-5-3-7-20(13-16)24-21-8-4-6-18(14-21)17(2)15-23-19-9-11-22-12-10-19/h4,6,8,10-14,20,22,24-25H,5,7,9,15-17H2,1-3H3;6,8,12,14,19-21,23-24H,3-5,7,9-11,13,15-17H2,1-2H3;2*3-6,8-10,12,14,19,21,23-24H,7,11,13,15-17H2,1-2H3;3-5,7,9-10,12-13,18-19,22-23H,6,8,11,14-16H2,1-2H3;3,5,7,9-13,17-18,21H,4,6,8,14-15H2,1-2H3,(H,22,23)/t20?,22-,24+;2*19?,21?,23-;19?,21-,23+;18?,19?,22-;17?,18?,21-/m011011/s1. The molecule has 0 aliphatic heterocycles. The highest BCUT2D eigenvalue weighted by molar-refractivity contribution is 5.41. The predicted octanol–water partition coefficient (Wildman–Crippen LogP) is 32.0. The maximum atomic E-state index is 6.30. The second kappa shape index (κ2) is 65.3. The van der Waals surface area contributed by atoms with Gasteiger partial charge < -0.3 is 60.3 Å². The SMILES string of the molecule is Cc1ccc(CNCC(C)[C@H]2CCC[C@@H](Oc3cccc(C)c3)C2)cc1.Cc1cccc(O[C@@H]2CCCC(C(C)CNCC3CCCCC3)C2)c1.Cc1cccc(O[C@@H]2CCCC(C(C)CNCc3ccccc3)C2)c1.Cc1cccc(O[C@@H]2CCCC(C(C)CNCc3ccccn3)C2)c1.Cc1cccc(O[C@@H]2CCCC(C(C)CNc3ccncc3)C2)c1.Cc1cccc(O[C@@H]2CCC[C@H](C(C)CNCc3ccccc3)C2)c1. The van der Waals surface area contributed by atoms with Crippen LogP contribution >= 0.6 is 0 Å². The lowest BCUT2D eigenvalue weighted by Gasteiger charge is -2.33. The summed E-state index contributed by atoms with van der Waals surface area (Å²) in [6.07, 6.45) is 44.9. The number of benzene rings is 9. The molecule has 18 atom stereocenters. The minimum atomic E-state index is 0.355. The smallest absolute Gasteiger partial charge is 0.119 e.